The Hall–Kier alpha value is -2.59. The number of ether oxygens (including phenoxy) is 1. The van der Waals surface area contributed by atoms with Crippen molar-refractivity contribution in [1.82, 2.24) is 10.2 Å². The minimum Gasteiger partial charge on any atom is -0.497 e. The van der Waals surface area contributed by atoms with E-state index in [1.807, 2.05) is 38.1 Å². The summed E-state index contributed by atoms with van der Waals surface area (Å²) in [6.45, 7) is 5.19. The highest BCUT2D eigenvalue weighted by Crippen LogP contribution is 2.22. The zero-order valence-corrected chi connectivity index (χ0v) is 22.5. The number of benzene rings is 2. The van der Waals surface area contributed by atoms with Gasteiger partial charge in [0.1, 0.15) is 18.3 Å². The number of amides is 2. The van der Waals surface area contributed by atoms with E-state index in [4.69, 9.17) is 4.74 Å². The van der Waals surface area contributed by atoms with Gasteiger partial charge in [0.15, 0.2) is 0 Å². The van der Waals surface area contributed by atoms with Crippen LogP contribution >= 0.6 is 15.9 Å². The van der Waals surface area contributed by atoms with Crippen LogP contribution in [0.5, 0.6) is 5.75 Å². The highest BCUT2D eigenvalue weighted by atomic mass is 79.9. The average Bonchev–Trinajstić information content (AvgIpc) is 2.79. The standard InChI is InChI=1S/C24H32BrN3O5S/c1-6-17(2)26-24(30)18(3)27(15-19-8-7-9-20(25)14-19)23(29)16-28(34(5,31)32)21-10-12-22(33-4)13-11-21/h7-14,17-18H,6,15-16H2,1-5H3,(H,26,30)/t17-,18-/m1/s1. The first kappa shape index (κ1) is 27.7. The Morgan fingerprint density at radius 1 is 1.12 bits per heavy atom. The van der Waals surface area contributed by atoms with Crippen molar-refractivity contribution >= 4 is 43.5 Å². The average molecular weight is 555 g/mol. The first-order valence-electron chi connectivity index (χ1n) is 10.9. The van der Waals surface area contributed by atoms with Gasteiger partial charge < -0.3 is 15.0 Å². The fourth-order valence-electron chi connectivity index (χ4n) is 3.24. The first-order valence-corrected chi connectivity index (χ1v) is 13.6. The number of methoxy groups -OCH3 is 1. The number of anilines is 1. The predicted octanol–water partition coefficient (Wildman–Crippen LogP) is 3.56. The predicted molar refractivity (Wildman–Crippen MR) is 137 cm³/mol. The lowest BCUT2D eigenvalue weighted by Crippen LogP contribution is -2.52. The van der Waals surface area contributed by atoms with Crippen molar-refractivity contribution in [3.8, 4) is 5.75 Å². The quantitative estimate of drug-likeness (QED) is 0.459. The second-order valence-electron chi connectivity index (χ2n) is 8.11. The highest BCUT2D eigenvalue weighted by molar-refractivity contribution is 9.10. The van der Waals surface area contributed by atoms with Gasteiger partial charge in [0.2, 0.25) is 21.8 Å². The molecule has 2 atom stereocenters. The second kappa shape index (κ2) is 12.2. The van der Waals surface area contributed by atoms with Crippen molar-refractivity contribution in [2.45, 2.75) is 45.8 Å². The molecule has 34 heavy (non-hydrogen) atoms. The molecule has 0 bridgehead atoms. The molecule has 2 rings (SSSR count). The SMILES string of the molecule is CC[C@@H](C)NC(=O)[C@@H](C)N(Cc1cccc(Br)c1)C(=O)CN(c1ccc(OC)cc1)S(C)(=O)=O. The molecule has 0 aliphatic carbocycles. The van der Waals surface area contributed by atoms with Crippen molar-refractivity contribution in [2.75, 3.05) is 24.2 Å². The molecule has 0 saturated heterocycles. The van der Waals surface area contributed by atoms with E-state index in [1.165, 1.54) is 12.0 Å². The van der Waals surface area contributed by atoms with Crippen LogP contribution in [-0.2, 0) is 26.2 Å². The van der Waals surface area contributed by atoms with E-state index in [0.717, 1.165) is 27.0 Å². The molecule has 0 heterocycles. The molecule has 2 amide bonds. The molecule has 0 unspecified atom stereocenters. The van der Waals surface area contributed by atoms with Crippen LogP contribution < -0.4 is 14.4 Å². The molecule has 186 valence electrons. The van der Waals surface area contributed by atoms with E-state index < -0.39 is 28.5 Å². The van der Waals surface area contributed by atoms with Crippen LogP contribution in [0.2, 0.25) is 0 Å². The van der Waals surface area contributed by atoms with Gasteiger partial charge in [0.05, 0.1) is 19.1 Å². The maximum atomic E-state index is 13.5. The molecule has 0 aliphatic rings. The normalized spacial score (nSPS) is 13.0. The number of sulfonamides is 1. The molecule has 0 aromatic heterocycles. The van der Waals surface area contributed by atoms with Gasteiger partial charge in [-0.2, -0.15) is 0 Å². The summed E-state index contributed by atoms with van der Waals surface area (Å²) in [7, 11) is -2.27. The molecule has 1 N–H and O–H groups in total. The maximum Gasteiger partial charge on any atom is 0.244 e. The monoisotopic (exact) mass is 553 g/mol. The molecule has 0 radical (unpaired) electrons. The number of hydrogen-bond acceptors (Lipinski definition) is 5. The molecule has 2 aromatic rings. The summed E-state index contributed by atoms with van der Waals surface area (Å²) in [6.07, 6.45) is 1.79. The Morgan fingerprint density at radius 2 is 1.76 bits per heavy atom. The largest absolute Gasteiger partial charge is 0.497 e. The Morgan fingerprint density at radius 3 is 2.29 bits per heavy atom. The molecule has 2 aromatic carbocycles. The summed E-state index contributed by atoms with van der Waals surface area (Å²) in [4.78, 5) is 27.8. The third-order valence-corrected chi connectivity index (χ3v) is 7.08. The number of rotatable bonds is 11. The van der Waals surface area contributed by atoms with E-state index in [-0.39, 0.29) is 18.5 Å². The highest BCUT2D eigenvalue weighted by Gasteiger charge is 2.30. The lowest BCUT2D eigenvalue weighted by molar-refractivity contribution is -0.139. The Bertz CT molecular complexity index is 1090. The number of halogens is 1. The Balaban J connectivity index is 2.37. The van der Waals surface area contributed by atoms with Gasteiger partial charge in [0, 0.05) is 17.1 Å². The number of nitrogens with one attached hydrogen (secondary N) is 1. The number of carbonyl (C=O) groups is 2. The minimum absolute atomic E-state index is 0.0513. The summed E-state index contributed by atoms with van der Waals surface area (Å²) >= 11 is 3.43. The van der Waals surface area contributed by atoms with Gasteiger partial charge in [-0.3, -0.25) is 13.9 Å². The van der Waals surface area contributed by atoms with Crippen LogP contribution in [0.25, 0.3) is 0 Å². The van der Waals surface area contributed by atoms with Crippen molar-refractivity contribution in [3.05, 3.63) is 58.6 Å². The number of carbonyl (C=O) groups excluding carboxylic acids is 2. The van der Waals surface area contributed by atoms with E-state index in [9.17, 15) is 18.0 Å². The minimum atomic E-state index is -3.78. The summed E-state index contributed by atoms with van der Waals surface area (Å²) in [5.41, 5.74) is 1.14. The molecule has 0 fully saturated rings. The van der Waals surface area contributed by atoms with Crippen molar-refractivity contribution in [1.29, 1.82) is 0 Å². The van der Waals surface area contributed by atoms with Crippen molar-refractivity contribution < 1.29 is 22.7 Å². The molecule has 10 heteroatoms. The van der Waals surface area contributed by atoms with Crippen LogP contribution in [0.4, 0.5) is 5.69 Å². The van der Waals surface area contributed by atoms with Crippen molar-refractivity contribution in [2.24, 2.45) is 0 Å². The van der Waals surface area contributed by atoms with Crippen LogP contribution in [0.3, 0.4) is 0 Å². The fraction of sp³-hybridized carbons (Fsp3) is 0.417. The van der Waals surface area contributed by atoms with E-state index in [2.05, 4.69) is 21.2 Å². The van der Waals surface area contributed by atoms with Gasteiger partial charge in [0.25, 0.3) is 0 Å². The van der Waals surface area contributed by atoms with Gasteiger partial charge in [-0.25, -0.2) is 8.42 Å². The third kappa shape index (κ3) is 7.73. The maximum absolute atomic E-state index is 13.5. The van der Waals surface area contributed by atoms with E-state index in [0.29, 0.717) is 11.4 Å². The van der Waals surface area contributed by atoms with Crippen LogP contribution in [0.1, 0.15) is 32.8 Å². The molecule has 0 spiro atoms. The smallest absolute Gasteiger partial charge is 0.244 e. The third-order valence-electron chi connectivity index (χ3n) is 5.45. The van der Waals surface area contributed by atoms with Crippen LogP contribution in [0, 0.1) is 0 Å². The Labute approximate surface area is 210 Å². The summed E-state index contributed by atoms with van der Waals surface area (Å²) in [5.74, 6) is -0.226. The summed E-state index contributed by atoms with van der Waals surface area (Å²) in [6, 6.07) is 13.0. The molecule has 0 aliphatic heterocycles. The van der Waals surface area contributed by atoms with Crippen LogP contribution in [-0.4, -0.2) is 57.1 Å². The summed E-state index contributed by atoms with van der Waals surface area (Å²) < 4.78 is 32.2. The van der Waals surface area contributed by atoms with Crippen molar-refractivity contribution in [3.63, 3.8) is 0 Å². The van der Waals surface area contributed by atoms with Gasteiger partial charge in [-0.1, -0.05) is 35.0 Å². The fourth-order valence-corrected chi connectivity index (χ4v) is 4.54. The second-order valence-corrected chi connectivity index (χ2v) is 10.9. The molecule has 0 saturated carbocycles. The summed E-state index contributed by atoms with van der Waals surface area (Å²) in [5, 5.41) is 2.90. The van der Waals surface area contributed by atoms with Gasteiger partial charge in [-0.15, -0.1) is 0 Å². The van der Waals surface area contributed by atoms with Crippen LogP contribution in [0.15, 0.2) is 53.0 Å². The molecule has 8 nitrogen and oxygen atoms in total. The Kier molecular flexibility index (Phi) is 9.93. The number of nitrogens with zero attached hydrogens (tertiary/aromatic N) is 2. The topological polar surface area (TPSA) is 96.0 Å². The lowest BCUT2D eigenvalue weighted by Gasteiger charge is -2.32. The first-order chi connectivity index (χ1) is 16.0. The zero-order valence-electron chi connectivity index (χ0n) is 20.1. The van der Waals surface area contributed by atoms with E-state index in [1.54, 1.807) is 31.2 Å². The van der Waals surface area contributed by atoms with E-state index >= 15 is 0 Å². The van der Waals surface area contributed by atoms with Gasteiger partial charge in [-0.05, 0) is 62.2 Å². The zero-order chi connectivity index (χ0) is 25.5. The van der Waals surface area contributed by atoms with Gasteiger partial charge >= 0.3 is 0 Å². The molecular formula is C24H32BrN3O5S. The number of hydrogen-bond donors (Lipinski definition) is 1. The lowest BCUT2D eigenvalue weighted by atomic mass is 10.1. The molecular weight excluding hydrogens is 522 g/mol.